The van der Waals surface area contributed by atoms with Gasteiger partial charge in [0.25, 0.3) is 18.4 Å². The van der Waals surface area contributed by atoms with Gasteiger partial charge in [0, 0.05) is 22.7 Å². The van der Waals surface area contributed by atoms with Gasteiger partial charge in [-0.3, -0.25) is 20.2 Å². The molecule has 45 heavy (non-hydrogen) atoms. The molecule has 1 heterocycles. The average molecular weight is 623 g/mol. The highest BCUT2D eigenvalue weighted by atomic mass is 19.4. The Morgan fingerprint density at radius 3 is 2.31 bits per heavy atom. The van der Waals surface area contributed by atoms with Gasteiger partial charge in [-0.05, 0) is 83.6 Å². The van der Waals surface area contributed by atoms with E-state index >= 15 is 0 Å². The third-order valence-corrected chi connectivity index (χ3v) is 7.32. The fraction of sp³-hybridized carbons (Fsp3) is 0.300. The molecule has 1 amide bonds. The smallest absolute Gasteiger partial charge is 0.406 e. The number of nitrogens with one attached hydrogen (secondary N) is 2. The predicted molar refractivity (Wildman–Crippen MR) is 159 cm³/mol. The van der Waals surface area contributed by atoms with Crippen molar-refractivity contribution < 1.29 is 27.6 Å². The van der Waals surface area contributed by atoms with Crippen LogP contribution in [0.4, 0.5) is 30.5 Å². The molecule has 15 heteroatoms. The van der Waals surface area contributed by atoms with Gasteiger partial charge in [-0.15, -0.1) is 18.3 Å². The number of rotatable bonds is 10. The van der Waals surface area contributed by atoms with E-state index in [-0.39, 0.29) is 24.0 Å². The monoisotopic (exact) mass is 622 g/mol. The number of aromatic nitrogens is 4. The van der Waals surface area contributed by atoms with Gasteiger partial charge < -0.3 is 9.64 Å². The molecule has 0 spiro atoms. The van der Waals surface area contributed by atoms with Crippen LogP contribution >= 0.6 is 0 Å². The topological polar surface area (TPSA) is 152 Å². The van der Waals surface area contributed by atoms with E-state index < -0.39 is 29.5 Å². The number of H-pyrrole nitrogens is 1. The molecule has 0 bridgehead atoms. The molecule has 0 radical (unpaired) electrons. The summed E-state index contributed by atoms with van der Waals surface area (Å²) >= 11 is 0. The molecule has 4 aromatic rings. The van der Waals surface area contributed by atoms with Crippen LogP contribution in [0.3, 0.4) is 0 Å². The molecule has 3 aromatic carbocycles. The third kappa shape index (κ3) is 8.84. The number of amides is 1. The summed E-state index contributed by atoms with van der Waals surface area (Å²) in [4.78, 5) is 30.0. The first-order valence-corrected chi connectivity index (χ1v) is 14.2. The number of benzene rings is 3. The number of halogens is 3. The number of nitro groups is 1. The molecule has 12 nitrogen and oxygen atoms in total. The quantitative estimate of drug-likeness (QED) is 0.0891. The highest BCUT2D eigenvalue weighted by Crippen LogP contribution is 2.34. The van der Waals surface area contributed by atoms with E-state index in [2.05, 4.69) is 35.7 Å². The third-order valence-electron chi connectivity index (χ3n) is 7.32. The number of hydrogen-bond donors (Lipinski definition) is 2. The van der Waals surface area contributed by atoms with Gasteiger partial charge in [-0.1, -0.05) is 48.6 Å². The summed E-state index contributed by atoms with van der Waals surface area (Å²) in [6.45, 7) is -0.506. The maximum atomic E-state index is 12.6. The van der Waals surface area contributed by atoms with E-state index in [0.29, 0.717) is 22.7 Å². The lowest BCUT2D eigenvalue weighted by atomic mass is 9.84. The van der Waals surface area contributed by atoms with Gasteiger partial charge in [0.05, 0.1) is 5.69 Å². The largest absolute Gasteiger partial charge is 0.573 e. The molecule has 0 saturated heterocycles. The molecule has 1 aromatic heterocycles. The van der Waals surface area contributed by atoms with Gasteiger partial charge in [0.2, 0.25) is 0 Å². The van der Waals surface area contributed by atoms with Crippen LogP contribution in [-0.4, -0.2) is 50.2 Å². The number of ether oxygens (including phenoxy) is 1. The van der Waals surface area contributed by atoms with Crippen LogP contribution < -0.4 is 15.0 Å². The maximum Gasteiger partial charge on any atom is 0.573 e. The molecule has 0 aliphatic heterocycles. The van der Waals surface area contributed by atoms with Crippen LogP contribution in [-0.2, 0) is 6.54 Å². The minimum atomic E-state index is -4.86. The van der Waals surface area contributed by atoms with Crippen LogP contribution in [0.15, 0.2) is 77.8 Å². The van der Waals surface area contributed by atoms with E-state index in [1.807, 2.05) is 24.3 Å². The maximum absolute atomic E-state index is 12.6. The minimum absolute atomic E-state index is 0.0190. The standard InChI is InChI=1S/C30H29F3N8O4/c31-30(32,33)45-26-16-12-24(13-17-26)34-27(19-41(43)44)40(25-14-10-22(11-15-25)21-4-2-1-3-5-21)18-20-6-8-23(9-7-20)28(42)35-29-36-38-39-37-29/h6-17,21H,1-5,18-19H2,(H2,35,36,37,38,39,42). The second-order valence-corrected chi connectivity index (χ2v) is 10.5. The predicted octanol–water partition coefficient (Wildman–Crippen LogP) is 6.41. The number of carbonyl (C=O) groups excluding carboxylic acids is 1. The van der Waals surface area contributed by atoms with Crippen molar-refractivity contribution in [1.29, 1.82) is 0 Å². The lowest BCUT2D eigenvalue weighted by molar-refractivity contribution is -0.463. The van der Waals surface area contributed by atoms with Crippen molar-refractivity contribution in [2.24, 2.45) is 4.99 Å². The normalized spacial score (nSPS) is 14.2. The highest BCUT2D eigenvalue weighted by Gasteiger charge is 2.31. The molecule has 1 aliphatic carbocycles. The fourth-order valence-electron chi connectivity index (χ4n) is 5.19. The number of tetrazole rings is 1. The van der Waals surface area contributed by atoms with E-state index in [9.17, 15) is 28.1 Å². The number of nitrogens with zero attached hydrogens (tertiary/aromatic N) is 6. The van der Waals surface area contributed by atoms with Crippen molar-refractivity contribution in [3.05, 3.63) is 99.6 Å². The molecule has 234 valence electrons. The summed E-state index contributed by atoms with van der Waals surface area (Å²) in [5, 5.41) is 27.3. The Labute approximate surface area is 255 Å². The summed E-state index contributed by atoms with van der Waals surface area (Å²) in [5.74, 6) is -0.348. The molecular formula is C30H29F3N8O4. The van der Waals surface area contributed by atoms with Crippen LogP contribution in [0.5, 0.6) is 5.75 Å². The van der Waals surface area contributed by atoms with Crippen molar-refractivity contribution in [2.75, 3.05) is 16.8 Å². The Bertz CT molecular complexity index is 1610. The fourth-order valence-corrected chi connectivity index (χ4v) is 5.19. The first kappa shape index (κ1) is 31.1. The zero-order chi connectivity index (χ0) is 31.8. The second kappa shape index (κ2) is 14.0. The minimum Gasteiger partial charge on any atom is -0.406 e. The Kier molecular flexibility index (Phi) is 9.65. The Balaban J connectivity index is 1.45. The van der Waals surface area contributed by atoms with Gasteiger partial charge in [0.15, 0.2) is 5.84 Å². The summed E-state index contributed by atoms with van der Waals surface area (Å²) < 4.78 is 41.8. The summed E-state index contributed by atoms with van der Waals surface area (Å²) in [5.41, 5.74) is 3.09. The first-order valence-electron chi connectivity index (χ1n) is 14.2. The number of aromatic amines is 1. The van der Waals surface area contributed by atoms with Crippen molar-refractivity contribution in [3.8, 4) is 5.75 Å². The van der Waals surface area contributed by atoms with Crippen molar-refractivity contribution in [1.82, 2.24) is 20.6 Å². The summed E-state index contributed by atoms with van der Waals surface area (Å²) in [6.07, 6.45) is 0.938. The molecule has 1 saturated carbocycles. The van der Waals surface area contributed by atoms with E-state index in [0.717, 1.165) is 25.0 Å². The Morgan fingerprint density at radius 1 is 1.02 bits per heavy atom. The molecule has 1 aliphatic rings. The van der Waals surface area contributed by atoms with Gasteiger partial charge >= 0.3 is 6.36 Å². The molecule has 2 N–H and O–H groups in total. The van der Waals surface area contributed by atoms with Crippen LogP contribution in [0.25, 0.3) is 0 Å². The average Bonchev–Trinajstić information content (AvgIpc) is 3.53. The number of aliphatic imine (C=N–C) groups is 1. The van der Waals surface area contributed by atoms with Crippen molar-refractivity contribution in [3.63, 3.8) is 0 Å². The van der Waals surface area contributed by atoms with Crippen molar-refractivity contribution >= 4 is 29.1 Å². The van der Waals surface area contributed by atoms with Gasteiger partial charge in [0.1, 0.15) is 5.75 Å². The van der Waals surface area contributed by atoms with Crippen LogP contribution in [0.2, 0.25) is 0 Å². The zero-order valence-corrected chi connectivity index (χ0v) is 23.9. The van der Waals surface area contributed by atoms with Gasteiger partial charge in [-0.2, -0.15) is 5.21 Å². The molecular weight excluding hydrogens is 593 g/mol. The van der Waals surface area contributed by atoms with Gasteiger partial charge in [-0.25, -0.2) is 4.99 Å². The SMILES string of the molecule is O=C(Nc1nn[nH]n1)c1ccc(CN(C(C[N+](=O)[O-])=Nc2ccc(OC(F)(F)F)cc2)c2ccc(C3CCCCC3)cc2)cc1. The second-order valence-electron chi connectivity index (χ2n) is 10.5. The number of anilines is 2. The summed E-state index contributed by atoms with van der Waals surface area (Å²) in [7, 11) is 0. The highest BCUT2D eigenvalue weighted by molar-refractivity contribution is 6.03. The number of hydrogen-bond acceptors (Lipinski definition) is 8. The van der Waals surface area contributed by atoms with E-state index in [4.69, 9.17) is 0 Å². The zero-order valence-electron chi connectivity index (χ0n) is 23.9. The lowest BCUT2D eigenvalue weighted by Crippen LogP contribution is -2.35. The molecule has 0 unspecified atom stereocenters. The Morgan fingerprint density at radius 2 is 1.71 bits per heavy atom. The van der Waals surface area contributed by atoms with E-state index in [1.54, 1.807) is 29.2 Å². The molecule has 5 rings (SSSR count). The number of amidine groups is 1. The number of carbonyl (C=O) groups is 1. The lowest BCUT2D eigenvalue weighted by Gasteiger charge is -2.26. The molecule has 1 fully saturated rings. The Hall–Kier alpha value is -5.34. The van der Waals surface area contributed by atoms with Crippen LogP contribution in [0, 0.1) is 10.1 Å². The summed E-state index contributed by atoms with van der Waals surface area (Å²) in [6, 6.07) is 19.2. The van der Waals surface area contributed by atoms with Crippen molar-refractivity contribution in [2.45, 2.75) is 50.9 Å². The first-order chi connectivity index (χ1) is 21.6. The molecule has 0 atom stereocenters. The number of alkyl halides is 3. The van der Waals surface area contributed by atoms with E-state index in [1.165, 1.54) is 37.0 Å². The van der Waals surface area contributed by atoms with Crippen LogP contribution in [0.1, 0.15) is 59.5 Å².